The number of aromatic nitrogens is 1. The topological polar surface area (TPSA) is 73.1 Å². The maximum atomic E-state index is 9.60. The summed E-state index contributed by atoms with van der Waals surface area (Å²) in [5, 5.41) is 19.0. The van der Waals surface area contributed by atoms with E-state index in [4.69, 9.17) is 14.3 Å². The van der Waals surface area contributed by atoms with E-state index >= 15 is 0 Å². The van der Waals surface area contributed by atoms with E-state index in [1.807, 2.05) is 0 Å². The Balaban J connectivity index is 2.36. The summed E-state index contributed by atoms with van der Waals surface area (Å²) < 4.78 is 11.4. The van der Waals surface area contributed by atoms with E-state index in [2.05, 4.69) is 19.6 Å². The molecule has 1 heterocycles. The lowest BCUT2D eigenvalue weighted by atomic mass is 10.6. The van der Waals surface area contributed by atoms with Crippen molar-refractivity contribution in [2.75, 3.05) is 20.5 Å². The maximum Gasteiger partial charge on any atom is 0.272 e. The molecule has 1 aromatic rings. The van der Waals surface area contributed by atoms with E-state index in [0.717, 1.165) is 10.8 Å². The molecule has 6 nitrogen and oxygen atoms in total. The molecule has 0 aliphatic carbocycles. The first-order valence-electron chi connectivity index (χ1n) is 5.74. The molecule has 0 radical (unpaired) electrons. The molecule has 0 aliphatic heterocycles. The number of hydrogen-bond acceptors (Lipinski definition) is 5. The van der Waals surface area contributed by atoms with Crippen LogP contribution in [-0.4, -0.2) is 43.5 Å². The molecule has 0 aromatic carbocycles. The molecule has 0 fully saturated rings. The fourth-order valence-corrected chi connectivity index (χ4v) is 2.03. The van der Waals surface area contributed by atoms with Crippen LogP contribution in [0.25, 0.3) is 0 Å². The number of aromatic hydroxyl groups is 2. The quantitative estimate of drug-likeness (QED) is 0.450. The maximum absolute atomic E-state index is 9.60. The highest BCUT2D eigenvalue weighted by Gasteiger charge is 2.16. The third kappa shape index (κ3) is 4.15. The third-order valence-corrected chi connectivity index (χ3v) is 4.06. The molecule has 104 valence electrons. The number of hydrogen-bond donors (Lipinski definition) is 2. The van der Waals surface area contributed by atoms with Gasteiger partial charge in [0.1, 0.15) is 7.11 Å². The second-order valence-electron chi connectivity index (χ2n) is 5.15. The second-order valence-corrected chi connectivity index (χ2v) is 10.8. The molecule has 1 aromatic heterocycles. The van der Waals surface area contributed by atoms with Crippen molar-refractivity contribution in [2.24, 2.45) is 0 Å². The van der Waals surface area contributed by atoms with Crippen molar-refractivity contribution < 1.29 is 24.5 Å². The Morgan fingerprint density at radius 2 is 1.94 bits per heavy atom. The Labute approximate surface area is 108 Å². The highest BCUT2D eigenvalue weighted by atomic mass is 28.3. The minimum atomic E-state index is -1.10. The summed E-state index contributed by atoms with van der Waals surface area (Å²) in [6, 6.07) is 2.31. The minimum Gasteiger partial charge on any atom is -0.492 e. The first-order chi connectivity index (χ1) is 8.35. The average Bonchev–Trinajstić information content (AvgIpc) is 2.52. The van der Waals surface area contributed by atoms with Gasteiger partial charge in [0, 0.05) is 20.7 Å². The van der Waals surface area contributed by atoms with E-state index < -0.39 is 8.07 Å². The van der Waals surface area contributed by atoms with Crippen LogP contribution in [-0.2, 0) is 4.74 Å². The summed E-state index contributed by atoms with van der Waals surface area (Å²) in [6.45, 7) is 7.46. The van der Waals surface area contributed by atoms with E-state index in [0.29, 0.717) is 6.61 Å². The zero-order valence-electron chi connectivity index (χ0n) is 11.3. The number of rotatable bonds is 7. The van der Waals surface area contributed by atoms with Gasteiger partial charge in [0.05, 0.1) is 0 Å². The molecule has 0 saturated heterocycles. The van der Waals surface area contributed by atoms with E-state index in [-0.39, 0.29) is 24.3 Å². The van der Waals surface area contributed by atoms with Crippen molar-refractivity contribution in [3.63, 3.8) is 0 Å². The van der Waals surface area contributed by atoms with E-state index in [9.17, 15) is 10.2 Å². The third-order valence-electron chi connectivity index (χ3n) is 2.36. The smallest absolute Gasteiger partial charge is 0.272 e. The molecule has 0 saturated carbocycles. The lowest BCUT2D eigenvalue weighted by molar-refractivity contribution is 0.0190. The normalized spacial score (nSPS) is 11.6. The molecule has 18 heavy (non-hydrogen) atoms. The predicted octanol–water partition coefficient (Wildman–Crippen LogP) is 1.65. The van der Waals surface area contributed by atoms with E-state index in [1.165, 1.54) is 13.2 Å². The van der Waals surface area contributed by atoms with Crippen molar-refractivity contribution in [1.29, 1.82) is 0 Å². The van der Waals surface area contributed by atoms with Gasteiger partial charge < -0.3 is 24.5 Å². The lowest BCUT2D eigenvalue weighted by Gasteiger charge is -2.15. The van der Waals surface area contributed by atoms with Gasteiger partial charge in [0.25, 0.3) is 5.88 Å². The van der Waals surface area contributed by atoms with Gasteiger partial charge in [-0.25, -0.2) is 0 Å². The zero-order chi connectivity index (χ0) is 13.8. The van der Waals surface area contributed by atoms with Gasteiger partial charge in [-0.2, -0.15) is 0 Å². The van der Waals surface area contributed by atoms with Gasteiger partial charge in [-0.1, -0.05) is 19.6 Å². The molecular weight excluding hydrogens is 254 g/mol. The SMILES string of the molecule is COn1c(O)cc(OCOCC[Si](C)(C)C)c1O. The largest absolute Gasteiger partial charge is 0.492 e. The molecule has 0 atom stereocenters. The highest BCUT2D eigenvalue weighted by Crippen LogP contribution is 2.33. The van der Waals surface area contributed by atoms with Crippen LogP contribution in [0.1, 0.15) is 0 Å². The van der Waals surface area contributed by atoms with Gasteiger partial charge in [0.2, 0.25) is 5.88 Å². The summed E-state index contributed by atoms with van der Waals surface area (Å²) in [5.74, 6) is -0.391. The Morgan fingerprint density at radius 1 is 1.28 bits per heavy atom. The summed E-state index contributed by atoms with van der Waals surface area (Å²) >= 11 is 0. The molecule has 2 N–H and O–H groups in total. The van der Waals surface area contributed by atoms with Crippen LogP contribution < -0.4 is 9.57 Å². The van der Waals surface area contributed by atoms with Crippen LogP contribution in [0.2, 0.25) is 25.7 Å². The first-order valence-corrected chi connectivity index (χ1v) is 9.44. The Hall–Kier alpha value is -1.34. The molecule has 0 aliphatic rings. The van der Waals surface area contributed by atoms with Crippen LogP contribution in [0.4, 0.5) is 0 Å². The molecule has 1 rings (SSSR count). The highest BCUT2D eigenvalue weighted by molar-refractivity contribution is 6.76. The summed E-state index contributed by atoms with van der Waals surface area (Å²) in [4.78, 5) is 4.73. The van der Waals surface area contributed by atoms with Crippen LogP contribution in [0.3, 0.4) is 0 Å². The van der Waals surface area contributed by atoms with Crippen molar-refractivity contribution >= 4 is 8.07 Å². The fourth-order valence-electron chi connectivity index (χ4n) is 1.28. The van der Waals surface area contributed by atoms with Crippen LogP contribution in [0.15, 0.2) is 6.07 Å². The molecule has 0 unspecified atom stereocenters. The molecule has 0 bridgehead atoms. The van der Waals surface area contributed by atoms with Gasteiger partial charge in [0.15, 0.2) is 12.5 Å². The lowest BCUT2D eigenvalue weighted by Crippen LogP contribution is -2.22. The summed E-state index contributed by atoms with van der Waals surface area (Å²) in [5.41, 5.74) is 0. The monoisotopic (exact) mass is 275 g/mol. The van der Waals surface area contributed by atoms with Crippen LogP contribution in [0, 0.1) is 0 Å². The Bertz CT molecular complexity index is 386. The number of ether oxygens (including phenoxy) is 2. The Morgan fingerprint density at radius 3 is 2.44 bits per heavy atom. The Kier molecular flexibility index (Phi) is 4.91. The van der Waals surface area contributed by atoms with Gasteiger partial charge in [-0.05, 0) is 6.04 Å². The van der Waals surface area contributed by atoms with Gasteiger partial charge in [-0.3, -0.25) is 0 Å². The van der Waals surface area contributed by atoms with Crippen molar-refractivity contribution in [3.05, 3.63) is 6.07 Å². The van der Waals surface area contributed by atoms with Crippen molar-refractivity contribution in [1.82, 2.24) is 4.73 Å². The van der Waals surface area contributed by atoms with Crippen molar-refractivity contribution in [2.45, 2.75) is 25.7 Å². The predicted molar refractivity (Wildman–Crippen MR) is 69.9 cm³/mol. The fraction of sp³-hybridized carbons (Fsp3) is 0.636. The molecular formula is C11H21NO5Si. The van der Waals surface area contributed by atoms with E-state index in [1.54, 1.807) is 0 Å². The summed E-state index contributed by atoms with van der Waals surface area (Å²) in [7, 11) is 0.225. The van der Waals surface area contributed by atoms with Crippen LogP contribution >= 0.6 is 0 Å². The van der Waals surface area contributed by atoms with Gasteiger partial charge >= 0.3 is 0 Å². The van der Waals surface area contributed by atoms with Crippen LogP contribution in [0.5, 0.6) is 17.5 Å². The number of nitrogens with zero attached hydrogens (tertiary/aromatic N) is 1. The van der Waals surface area contributed by atoms with Gasteiger partial charge in [-0.15, -0.1) is 4.73 Å². The first kappa shape index (κ1) is 14.7. The molecule has 0 amide bonds. The molecule has 0 spiro atoms. The second kappa shape index (κ2) is 6.01. The minimum absolute atomic E-state index is 0.0329. The van der Waals surface area contributed by atoms with Crippen molar-refractivity contribution in [3.8, 4) is 17.5 Å². The summed E-state index contributed by atoms with van der Waals surface area (Å²) in [6.07, 6.45) is 0. The zero-order valence-corrected chi connectivity index (χ0v) is 12.3. The molecule has 7 heteroatoms. The standard InChI is InChI=1S/C11H21NO5Si/c1-15-12-10(13)7-9(11(12)14)17-8-16-5-6-18(2,3)4/h7,13-14H,5-6,8H2,1-4H3. The average molecular weight is 275 g/mol.